The number of hydrogen-bond acceptors (Lipinski definition) is 3. The van der Waals surface area contributed by atoms with E-state index < -0.39 is 0 Å². The number of ether oxygens (including phenoxy) is 1. The molecule has 0 bridgehead atoms. The van der Waals surface area contributed by atoms with Crippen molar-refractivity contribution in [2.75, 3.05) is 12.8 Å². The van der Waals surface area contributed by atoms with E-state index in [9.17, 15) is 0 Å². The second kappa shape index (κ2) is 4.05. The first-order valence-electron chi connectivity index (χ1n) is 6.03. The Hall–Kier alpha value is -2.43. The average Bonchev–Trinajstić information content (AvgIpc) is 2.91. The highest BCUT2D eigenvalue weighted by molar-refractivity contribution is 5.92. The molecule has 0 atom stereocenters. The molecule has 0 aliphatic carbocycles. The molecule has 19 heavy (non-hydrogen) atoms. The minimum atomic E-state index is 0.673. The third-order valence-electron chi connectivity index (χ3n) is 3.48. The Morgan fingerprint density at radius 2 is 2.05 bits per heavy atom. The van der Waals surface area contributed by atoms with Gasteiger partial charge in [-0.05, 0) is 18.2 Å². The van der Waals surface area contributed by atoms with Crippen LogP contribution in [0.2, 0.25) is 0 Å². The number of aromatic nitrogens is 3. The molecular weight excluding hydrogens is 240 g/mol. The molecule has 2 N–H and O–H groups in total. The first kappa shape index (κ1) is 11.6. The maximum atomic E-state index is 6.01. The Balaban J connectivity index is 2.35. The van der Waals surface area contributed by atoms with E-state index in [4.69, 9.17) is 10.5 Å². The van der Waals surface area contributed by atoms with E-state index in [1.807, 2.05) is 26.2 Å². The Morgan fingerprint density at radius 3 is 2.68 bits per heavy atom. The van der Waals surface area contributed by atoms with Gasteiger partial charge in [0.1, 0.15) is 11.4 Å². The van der Waals surface area contributed by atoms with Crippen LogP contribution in [0.1, 0.15) is 0 Å². The highest BCUT2D eigenvalue weighted by atomic mass is 16.5. The summed E-state index contributed by atoms with van der Waals surface area (Å²) < 4.78 is 9.30. The number of benzene rings is 1. The summed E-state index contributed by atoms with van der Waals surface area (Å²) in [4.78, 5) is 0. The van der Waals surface area contributed by atoms with Crippen LogP contribution >= 0.6 is 0 Å². The van der Waals surface area contributed by atoms with Crippen molar-refractivity contribution in [3.05, 3.63) is 30.5 Å². The maximum absolute atomic E-state index is 6.01. The van der Waals surface area contributed by atoms with E-state index in [2.05, 4.69) is 21.8 Å². The molecular formula is C14H16N4O. The lowest BCUT2D eigenvalue weighted by molar-refractivity contribution is 0.420. The highest BCUT2D eigenvalue weighted by Crippen LogP contribution is 2.34. The molecule has 0 amide bonds. The zero-order valence-corrected chi connectivity index (χ0v) is 11.2. The second-order valence-corrected chi connectivity index (χ2v) is 4.55. The number of hydrogen-bond donors (Lipinski definition) is 1. The summed E-state index contributed by atoms with van der Waals surface area (Å²) in [5, 5.41) is 5.27. The molecule has 0 aliphatic rings. The van der Waals surface area contributed by atoms with Gasteiger partial charge in [-0.3, -0.25) is 4.68 Å². The number of anilines is 1. The number of nitrogens with zero attached hydrogens (tertiary/aromatic N) is 3. The number of nitrogens with two attached hydrogens (primary N) is 1. The van der Waals surface area contributed by atoms with Crippen LogP contribution in [0.5, 0.6) is 5.75 Å². The second-order valence-electron chi connectivity index (χ2n) is 4.55. The van der Waals surface area contributed by atoms with E-state index in [0.717, 1.165) is 28.0 Å². The maximum Gasteiger partial charge on any atom is 0.128 e. The summed E-state index contributed by atoms with van der Waals surface area (Å²) in [6.45, 7) is 0. The molecule has 0 saturated carbocycles. The Kier molecular flexibility index (Phi) is 2.48. The van der Waals surface area contributed by atoms with Gasteiger partial charge in [-0.15, -0.1) is 0 Å². The van der Waals surface area contributed by atoms with Crippen LogP contribution in [0.15, 0.2) is 30.5 Å². The summed E-state index contributed by atoms with van der Waals surface area (Å²) >= 11 is 0. The number of rotatable bonds is 2. The lowest BCUT2D eigenvalue weighted by Crippen LogP contribution is -2.00. The molecule has 98 valence electrons. The van der Waals surface area contributed by atoms with Crippen molar-refractivity contribution in [3.63, 3.8) is 0 Å². The first-order valence-corrected chi connectivity index (χ1v) is 6.03. The summed E-state index contributed by atoms with van der Waals surface area (Å²) in [7, 11) is 5.59. The first-order chi connectivity index (χ1) is 9.13. The van der Waals surface area contributed by atoms with Gasteiger partial charge >= 0.3 is 0 Å². The number of methoxy groups -OCH3 is 1. The SMILES string of the molecule is COc1cccc2c1cc(-c1c(N)cnn1C)n2C. The van der Waals surface area contributed by atoms with Crippen molar-refractivity contribution in [2.45, 2.75) is 0 Å². The molecule has 1 aromatic carbocycles. The Bertz CT molecular complexity index is 735. The lowest BCUT2D eigenvalue weighted by atomic mass is 10.2. The molecule has 5 nitrogen and oxygen atoms in total. The summed E-state index contributed by atoms with van der Waals surface area (Å²) in [5.74, 6) is 0.861. The monoisotopic (exact) mass is 256 g/mol. The predicted molar refractivity (Wildman–Crippen MR) is 76.1 cm³/mol. The van der Waals surface area contributed by atoms with Crippen LogP contribution in [-0.2, 0) is 14.1 Å². The molecule has 3 aromatic rings. The number of nitrogen functional groups attached to an aromatic ring is 1. The Labute approximate surface area is 111 Å². The summed E-state index contributed by atoms with van der Waals surface area (Å²) in [5.41, 5.74) is 9.73. The van der Waals surface area contributed by atoms with E-state index in [-0.39, 0.29) is 0 Å². The van der Waals surface area contributed by atoms with Crippen molar-refractivity contribution < 1.29 is 4.74 Å². The van der Waals surface area contributed by atoms with Crippen molar-refractivity contribution in [1.82, 2.24) is 14.3 Å². The fourth-order valence-electron chi connectivity index (χ4n) is 2.51. The molecule has 0 spiro atoms. The third kappa shape index (κ3) is 1.58. The molecule has 5 heteroatoms. The van der Waals surface area contributed by atoms with E-state index in [1.54, 1.807) is 18.0 Å². The van der Waals surface area contributed by atoms with E-state index in [0.29, 0.717) is 5.69 Å². The third-order valence-corrected chi connectivity index (χ3v) is 3.48. The van der Waals surface area contributed by atoms with Gasteiger partial charge < -0.3 is 15.0 Å². The zero-order chi connectivity index (χ0) is 13.6. The van der Waals surface area contributed by atoms with Gasteiger partial charge in [-0.1, -0.05) is 6.07 Å². The van der Waals surface area contributed by atoms with Gasteiger partial charge in [0, 0.05) is 19.5 Å². The minimum absolute atomic E-state index is 0.673. The molecule has 2 heterocycles. The number of fused-ring (bicyclic) bond motifs is 1. The van der Waals surface area contributed by atoms with Crippen LogP contribution in [0, 0.1) is 0 Å². The molecule has 0 radical (unpaired) electrons. The van der Waals surface area contributed by atoms with Gasteiger partial charge in [0.2, 0.25) is 0 Å². The van der Waals surface area contributed by atoms with E-state index >= 15 is 0 Å². The smallest absolute Gasteiger partial charge is 0.128 e. The van der Waals surface area contributed by atoms with Crippen LogP contribution in [0.25, 0.3) is 22.3 Å². The highest BCUT2D eigenvalue weighted by Gasteiger charge is 2.16. The van der Waals surface area contributed by atoms with Crippen molar-refractivity contribution in [3.8, 4) is 17.1 Å². The minimum Gasteiger partial charge on any atom is -0.496 e. The van der Waals surface area contributed by atoms with E-state index in [1.165, 1.54) is 0 Å². The van der Waals surface area contributed by atoms with Crippen molar-refractivity contribution >= 4 is 16.6 Å². The van der Waals surface area contributed by atoms with Crippen LogP contribution in [0.4, 0.5) is 5.69 Å². The normalized spacial score (nSPS) is 11.1. The van der Waals surface area contributed by atoms with Crippen LogP contribution < -0.4 is 10.5 Å². The van der Waals surface area contributed by atoms with Gasteiger partial charge in [-0.2, -0.15) is 5.10 Å². The molecule has 0 saturated heterocycles. The van der Waals surface area contributed by atoms with Crippen molar-refractivity contribution in [1.29, 1.82) is 0 Å². The van der Waals surface area contributed by atoms with Gasteiger partial charge in [0.05, 0.1) is 30.2 Å². The predicted octanol–water partition coefficient (Wildman–Crippen LogP) is 2.17. The van der Waals surface area contributed by atoms with Crippen molar-refractivity contribution in [2.24, 2.45) is 14.1 Å². The fourth-order valence-corrected chi connectivity index (χ4v) is 2.51. The molecule has 2 aromatic heterocycles. The largest absolute Gasteiger partial charge is 0.496 e. The molecule has 3 rings (SSSR count). The topological polar surface area (TPSA) is 58.0 Å². The molecule has 0 fully saturated rings. The number of aryl methyl sites for hydroxylation is 2. The quantitative estimate of drug-likeness (QED) is 0.764. The summed E-state index contributed by atoms with van der Waals surface area (Å²) in [6.07, 6.45) is 1.67. The van der Waals surface area contributed by atoms with Gasteiger partial charge in [0.25, 0.3) is 0 Å². The fraction of sp³-hybridized carbons (Fsp3) is 0.214. The molecule has 0 unspecified atom stereocenters. The van der Waals surface area contributed by atoms with Crippen LogP contribution in [-0.4, -0.2) is 21.5 Å². The standard InChI is InChI=1S/C14H16N4O/c1-17-11-5-4-6-13(19-3)9(11)7-12(17)14-10(15)8-16-18(14)2/h4-8H,15H2,1-3H3. The lowest BCUT2D eigenvalue weighted by Gasteiger charge is -2.06. The van der Waals surface area contributed by atoms with Crippen LogP contribution in [0.3, 0.4) is 0 Å². The average molecular weight is 256 g/mol. The zero-order valence-electron chi connectivity index (χ0n) is 11.2. The van der Waals surface area contributed by atoms with Gasteiger partial charge in [-0.25, -0.2) is 0 Å². The molecule has 0 aliphatic heterocycles. The van der Waals surface area contributed by atoms with Gasteiger partial charge in [0.15, 0.2) is 0 Å². The summed E-state index contributed by atoms with van der Waals surface area (Å²) in [6, 6.07) is 8.09. The Morgan fingerprint density at radius 1 is 1.26 bits per heavy atom.